The molecule has 5 heteroatoms. The van der Waals surface area contributed by atoms with E-state index in [4.69, 9.17) is 27.6 Å². The van der Waals surface area contributed by atoms with Crippen molar-refractivity contribution in [1.29, 1.82) is 0 Å². The van der Waals surface area contributed by atoms with Gasteiger partial charge in [0.1, 0.15) is 11.5 Å². The second-order valence-electron chi connectivity index (χ2n) is 3.51. The molecule has 1 nitrogen and oxygen atoms in total. The number of rotatable bonds is 2. The summed E-state index contributed by atoms with van der Waals surface area (Å²) in [6, 6.07) is 3.90. The SMILES string of the molecule is Cc1cc(C(Br)c2cc(Cl)sc2Cl)c(C)o1. The number of thiophene rings is 1. The minimum Gasteiger partial charge on any atom is -0.466 e. The molecule has 2 aromatic rings. The average Bonchev–Trinajstić information content (AvgIpc) is 2.68. The number of aryl methyl sites for hydroxylation is 2. The number of halogens is 3. The molecule has 2 heterocycles. The van der Waals surface area contributed by atoms with Gasteiger partial charge in [-0.1, -0.05) is 39.1 Å². The molecule has 16 heavy (non-hydrogen) atoms. The van der Waals surface area contributed by atoms with E-state index in [1.54, 1.807) is 0 Å². The first-order valence-electron chi connectivity index (χ1n) is 4.64. The molecule has 1 unspecified atom stereocenters. The lowest BCUT2D eigenvalue weighted by Gasteiger charge is -2.07. The molecule has 0 aliphatic heterocycles. The van der Waals surface area contributed by atoms with Crippen LogP contribution in [0.1, 0.15) is 27.5 Å². The molecule has 2 rings (SSSR count). The van der Waals surface area contributed by atoms with Gasteiger partial charge in [0, 0.05) is 11.1 Å². The van der Waals surface area contributed by atoms with Crippen LogP contribution < -0.4 is 0 Å². The third-order valence-corrected chi connectivity index (χ3v) is 4.81. The second-order valence-corrected chi connectivity index (χ2v) is 6.71. The molecule has 0 N–H and O–H groups in total. The predicted octanol–water partition coefficient (Wildman–Crippen LogP) is 5.75. The summed E-state index contributed by atoms with van der Waals surface area (Å²) in [5.41, 5.74) is 2.08. The highest BCUT2D eigenvalue weighted by atomic mass is 79.9. The van der Waals surface area contributed by atoms with Gasteiger partial charge in [0.05, 0.1) is 13.5 Å². The van der Waals surface area contributed by atoms with Gasteiger partial charge >= 0.3 is 0 Å². The molecule has 0 fully saturated rings. The highest BCUT2D eigenvalue weighted by Gasteiger charge is 2.20. The van der Waals surface area contributed by atoms with Gasteiger partial charge in [-0.15, -0.1) is 11.3 Å². The van der Waals surface area contributed by atoms with Gasteiger partial charge in [-0.2, -0.15) is 0 Å². The fraction of sp³-hybridized carbons (Fsp3) is 0.273. The maximum Gasteiger partial charge on any atom is 0.105 e. The third-order valence-electron chi connectivity index (χ3n) is 2.31. The molecule has 0 bridgehead atoms. The number of hydrogen-bond acceptors (Lipinski definition) is 2. The fourth-order valence-electron chi connectivity index (χ4n) is 1.60. The minimum atomic E-state index is 0.0289. The Morgan fingerprint density at radius 1 is 1.25 bits per heavy atom. The lowest BCUT2D eigenvalue weighted by molar-refractivity contribution is 0.502. The summed E-state index contributed by atoms with van der Waals surface area (Å²) in [5.74, 6) is 1.80. The van der Waals surface area contributed by atoms with Crippen molar-refractivity contribution >= 4 is 50.5 Å². The van der Waals surface area contributed by atoms with Crippen molar-refractivity contribution in [3.63, 3.8) is 0 Å². The third kappa shape index (κ3) is 2.33. The maximum absolute atomic E-state index is 6.12. The Bertz CT molecular complexity index is 472. The monoisotopic (exact) mass is 338 g/mol. The Balaban J connectivity index is 2.42. The summed E-state index contributed by atoms with van der Waals surface area (Å²) in [7, 11) is 0. The normalized spacial score (nSPS) is 13.1. The first-order valence-corrected chi connectivity index (χ1v) is 7.13. The van der Waals surface area contributed by atoms with Crippen LogP contribution in [0.4, 0.5) is 0 Å². The average molecular weight is 340 g/mol. The van der Waals surface area contributed by atoms with Crippen LogP contribution in [0.3, 0.4) is 0 Å². The van der Waals surface area contributed by atoms with Crippen molar-refractivity contribution in [2.45, 2.75) is 18.7 Å². The van der Waals surface area contributed by atoms with Gasteiger partial charge in [0.15, 0.2) is 0 Å². The van der Waals surface area contributed by atoms with Gasteiger partial charge in [-0.25, -0.2) is 0 Å². The molecule has 0 aromatic carbocycles. The topological polar surface area (TPSA) is 13.1 Å². The fourth-order valence-corrected chi connectivity index (χ4v) is 4.23. The van der Waals surface area contributed by atoms with Crippen molar-refractivity contribution in [3.05, 3.63) is 43.5 Å². The number of furan rings is 1. The largest absolute Gasteiger partial charge is 0.466 e. The number of alkyl halides is 1. The Labute approximate surface area is 116 Å². The van der Waals surface area contributed by atoms with Gasteiger partial charge < -0.3 is 4.42 Å². The summed E-state index contributed by atoms with van der Waals surface area (Å²) in [6.07, 6.45) is 0. The van der Waals surface area contributed by atoms with Crippen molar-refractivity contribution in [2.75, 3.05) is 0 Å². The molecule has 0 aliphatic carbocycles. The molecule has 0 saturated heterocycles. The predicted molar refractivity (Wildman–Crippen MR) is 73.3 cm³/mol. The summed E-state index contributed by atoms with van der Waals surface area (Å²) in [4.78, 5) is 0.0289. The Morgan fingerprint density at radius 3 is 2.38 bits per heavy atom. The van der Waals surface area contributed by atoms with Gasteiger partial charge in [-0.05, 0) is 26.0 Å². The molecular formula is C11H9BrCl2OS. The Hall–Kier alpha value is 0.0400. The van der Waals surface area contributed by atoms with E-state index in [9.17, 15) is 0 Å². The Morgan fingerprint density at radius 2 is 1.94 bits per heavy atom. The summed E-state index contributed by atoms with van der Waals surface area (Å²) in [5, 5.41) is 0. The van der Waals surface area contributed by atoms with Crippen molar-refractivity contribution < 1.29 is 4.42 Å². The van der Waals surface area contributed by atoms with Crippen LogP contribution in [-0.2, 0) is 0 Å². The highest BCUT2D eigenvalue weighted by Crippen LogP contribution is 2.42. The molecule has 2 aromatic heterocycles. The van der Waals surface area contributed by atoms with Crippen molar-refractivity contribution in [2.24, 2.45) is 0 Å². The van der Waals surface area contributed by atoms with E-state index in [1.165, 1.54) is 11.3 Å². The molecule has 0 amide bonds. The Kier molecular flexibility index (Phi) is 3.69. The zero-order chi connectivity index (χ0) is 11.9. The zero-order valence-corrected chi connectivity index (χ0v) is 12.6. The van der Waals surface area contributed by atoms with Crippen LogP contribution in [0.5, 0.6) is 0 Å². The maximum atomic E-state index is 6.12. The van der Waals surface area contributed by atoms with Crippen LogP contribution in [-0.4, -0.2) is 0 Å². The summed E-state index contributed by atoms with van der Waals surface area (Å²) >= 11 is 17.1. The first-order chi connectivity index (χ1) is 7.49. The van der Waals surface area contributed by atoms with E-state index in [2.05, 4.69) is 15.9 Å². The standard InChI is InChI=1S/C11H9BrCl2OS/c1-5-3-7(6(2)15-5)10(12)8-4-9(13)16-11(8)14/h3-4,10H,1-2H3. The van der Waals surface area contributed by atoms with Gasteiger partial charge in [0.2, 0.25) is 0 Å². The molecule has 86 valence electrons. The second kappa shape index (κ2) is 4.73. The van der Waals surface area contributed by atoms with Gasteiger partial charge in [-0.3, -0.25) is 0 Å². The minimum absolute atomic E-state index is 0.0289. The van der Waals surface area contributed by atoms with E-state index in [-0.39, 0.29) is 4.83 Å². The van der Waals surface area contributed by atoms with E-state index >= 15 is 0 Å². The van der Waals surface area contributed by atoms with Crippen molar-refractivity contribution in [1.82, 2.24) is 0 Å². The van der Waals surface area contributed by atoms with E-state index in [0.29, 0.717) is 8.67 Å². The van der Waals surface area contributed by atoms with Crippen molar-refractivity contribution in [3.8, 4) is 0 Å². The quantitative estimate of drug-likeness (QED) is 0.635. The smallest absolute Gasteiger partial charge is 0.105 e. The lowest BCUT2D eigenvalue weighted by atomic mass is 10.1. The van der Waals surface area contributed by atoms with E-state index in [0.717, 1.165) is 22.6 Å². The van der Waals surface area contributed by atoms with Crippen LogP contribution in [0, 0.1) is 13.8 Å². The van der Waals surface area contributed by atoms with Crippen LogP contribution >= 0.6 is 50.5 Å². The van der Waals surface area contributed by atoms with Crippen LogP contribution in [0.25, 0.3) is 0 Å². The molecule has 1 atom stereocenters. The van der Waals surface area contributed by atoms with Crippen LogP contribution in [0.15, 0.2) is 16.5 Å². The lowest BCUT2D eigenvalue weighted by Crippen LogP contribution is -1.91. The number of hydrogen-bond donors (Lipinski definition) is 0. The molecule has 0 spiro atoms. The van der Waals surface area contributed by atoms with E-state index < -0.39 is 0 Å². The van der Waals surface area contributed by atoms with Gasteiger partial charge in [0.25, 0.3) is 0 Å². The van der Waals surface area contributed by atoms with E-state index in [1.807, 2.05) is 26.0 Å². The molecule has 0 saturated carbocycles. The summed E-state index contributed by atoms with van der Waals surface area (Å²) in [6.45, 7) is 3.87. The molecular weight excluding hydrogens is 331 g/mol. The first kappa shape index (κ1) is 12.5. The zero-order valence-electron chi connectivity index (χ0n) is 8.68. The highest BCUT2D eigenvalue weighted by molar-refractivity contribution is 9.09. The van der Waals surface area contributed by atoms with Crippen LogP contribution in [0.2, 0.25) is 8.67 Å². The molecule has 0 aliphatic rings. The molecule has 0 radical (unpaired) electrons. The summed E-state index contributed by atoms with van der Waals surface area (Å²) < 4.78 is 6.91.